The average Bonchev–Trinajstić information content (AvgIpc) is 4.09. The molecule has 0 radical (unpaired) electrons. The number of rotatable bonds is 4. The molecule has 0 N–H and O–H groups in total. The van der Waals surface area contributed by atoms with Crippen LogP contribution >= 0.6 is 0 Å². The van der Waals surface area contributed by atoms with Crippen LogP contribution in [0.5, 0.6) is 0 Å². The molecule has 2 aliphatic rings. The highest BCUT2D eigenvalue weighted by Crippen LogP contribution is 2.48. The number of fused-ring (bicyclic) bond motifs is 14. The van der Waals surface area contributed by atoms with Gasteiger partial charge in [-0.1, -0.05) is 120 Å². The first kappa shape index (κ1) is 35.9. The number of furan rings is 2. The zero-order valence-corrected chi connectivity index (χ0v) is 35.6. The molecular weight excluding hydrogens is 779 g/mol. The number of benzene rings is 7. The second-order valence-electron chi connectivity index (χ2n) is 17.6. The normalized spacial score (nSPS) is 12.7. The van der Waals surface area contributed by atoms with E-state index in [0.29, 0.717) is 33.4 Å². The van der Waals surface area contributed by atoms with Gasteiger partial charge in [0.25, 0.3) is 11.1 Å². The molecule has 0 aliphatic carbocycles. The van der Waals surface area contributed by atoms with E-state index < -0.39 is 6.98 Å². The third-order valence-electron chi connectivity index (χ3n) is 13.6. The summed E-state index contributed by atoms with van der Waals surface area (Å²) in [5, 5.41) is 2.46. The van der Waals surface area contributed by atoms with Gasteiger partial charge in [-0.3, -0.25) is 18.8 Å². The van der Waals surface area contributed by atoms with Gasteiger partial charge in [-0.05, 0) is 115 Å². The van der Waals surface area contributed by atoms with Crippen LogP contribution in [0.1, 0.15) is 33.4 Å². The van der Waals surface area contributed by atoms with Crippen LogP contribution < -0.4 is 16.6 Å². The van der Waals surface area contributed by atoms with Gasteiger partial charge in [-0.25, -0.2) is 9.36 Å². The van der Waals surface area contributed by atoms with Crippen molar-refractivity contribution in [3.63, 3.8) is 0 Å². The Hall–Kier alpha value is -7.78. The second-order valence-corrected chi connectivity index (χ2v) is 17.6. The molecule has 7 aromatic carbocycles. The number of aromatic nitrogens is 4. The lowest BCUT2D eigenvalue weighted by molar-refractivity contribution is 0.607. The number of nitrogens with zero attached hydrogens (tertiary/aromatic N) is 4. The van der Waals surface area contributed by atoms with Gasteiger partial charge in [0.2, 0.25) is 11.4 Å². The third kappa shape index (κ3) is 4.55. The fraction of sp³-hybridized carbons (Fsp3) is 0.111. The highest BCUT2D eigenvalue weighted by molar-refractivity contribution is 6.75. The van der Waals surface area contributed by atoms with Crippen LogP contribution in [0, 0.1) is 41.5 Å². The van der Waals surface area contributed by atoms with Crippen molar-refractivity contribution in [1.82, 2.24) is 18.5 Å². The summed E-state index contributed by atoms with van der Waals surface area (Å²) in [6, 6.07) is 43.3. The van der Waals surface area contributed by atoms with Crippen LogP contribution in [0.3, 0.4) is 0 Å². The fourth-order valence-corrected chi connectivity index (χ4v) is 11.5. The van der Waals surface area contributed by atoms with Crippen LogP contribution in [0.15, 0.2) is 146 Å². The number of aryl methyl sites for hydroxylation is 6. The van der Waals surface area contributed by atoms with Crippen LogP contribution in [0.4, 0.5) is 0 Å². The van der Waals surface area contributed by atoms with Crippen LogP contribution in [-0.4, -0.2) is 25.5 Å². The van der Waals surface area contributed by atoms with E-state index in [-0.39, 0.29) is 11.1 Å². The van der Waals surface area contributed by atoms with Crippen molar-refractivity contribution in [2.75, 3.05) is 0 Å². The predicted molar refractivity (Wildman–Crippen MR) is 255 cm³/mol. The van der Waals surface area contributed by atoms with Crippen molar-refractivity contribution in [3.8, 4) is 55.9 Å². The van der Waals surface area contributed by atoms with E-state index in [1.165, 1.54) is 11.1 Å². The maximum Gasteiger partial charge on any atom is 0.462 e. The second kappa shape index (κ2) is 12.4. The van der Waals surface area contributed by atoms with Crippen molar-refractivity contribution in [1.29, 1.82) is 0 Å². The SMILES string of the molecule is Cc1cc(C)c(-c2cc(-c3c(C)cc(C)cc3C)c3c4c2-n2c5oc6cccc(-c7ccccc7)c6c5c(=O)n2B4n2c(=O)c4c5c(-c6ccccc6)cccc5oc4n2-3)c(C)c1. The van der Waals surface area contributed by atoms with Gasteiger partial charge in [0.05, 0.1) is 11.4 Å². The van der Waals surface area contributed by atoms with Gasteiger partial charge in [0, 0.05) is 27.4 Å². The minimum Gasteiger partial charge on any atom is -0.437 e. The summed E-state index contributed by atoms with van der Waals surface area (Å²) >= 11 is 0. The first-order chi connectivity index (χ1) is 30.6. The van der Waals surface area contributed by atoms with E-state index >= 15 is 9.59 Å². The Balaban J connectivity index is 1.25. The summed E-state index contributed by atoms with van der Waals surface area (Å²) in [6.07, 6.45) is 0. The van der Waals surface area contributed by atoms with E-state index in [2.05, 4.69) is 96.1 Å². The summed E-state index contributed by atoms with van der Waals surface area (Å²) in [5.74, 6) is 0. The van der Waals surface area contributed by atoms with Gasteiger partial charge in [0.1, 0.15) is 21.9 Å². The molecule has 4 aromatic heterocycles. The molecule has 8 nitrogen and oxygen atoms in total. The highest BCUT2D eigenvalue weighted by Gasteiger charge is 2.52. The summed E-state index contributed by atoms with van der Waals surface area (Å²) in [7, 11) is 0. The molecule has 0 atom stereocenters. The topological polar surface area (TPSA) is 80.1 Å². The van der Waals surface area contributed by atoms with Crippen molar-refractivity contribution in [2.45, 2.75) is 41.5 Å². The van der Waals surface area contributed by atoms with Gasteiger partial charge in [-0.15, -0.1) is 0 Å². The van der Waals surface area contributed by atoms with E-state index in [0.717, 1.165) is 94.4 Å². The number of hydrogen-bond donors (Lipinski definition) is 0. The molecule has 9 heteroatoms. The zero-order valence-electron chi connectivity index (χ0n) is 35.6. The molecule has 0 unspecified atom stereocenters. The van der Waals surface area contributed by atoms with Crippen molar-refractivity contribution in [2.24, 2.45) is 0 Å². The fourth-order valence-electron chi connectivity index (χ4n) is 11.5. The molecule has 0 fully saturated rings. The monoisotopic (exact) mass is 818 g/mol. The molecule has 2 aliphatic heterocycles. The highest BCUT2D eigenvalue weighted by atomic mass is 16.4. The van der Waals surface area contributed by atoms with Crippen LogP contribution in [-0.2, 0) is 0 Å². The molecule has 13 rings (SSSR count). The lowest BCUT2D eigenvalue weighted by Crippen LogP contribution is -2.48. The molecule has 0 saturated heterocycles. The molecule has 302 valence electrons. The standard InChI is InChI=1S/C54H39BN4O4/c1-28-23-30(3)42(31(4)24-28)38-27-39(43-32(5)25-29(2)26-33(43)6)50-48-49(38)56-53-46(44-36(19-13-21-40(44)62-53)34-15-9-7-10-16-34)51(60)58(56)55(48)59-52(61)47-45-37(35-17-11-8-12-18-35)20-14-22-41(45)63-54(47)57(50)59/h7-27H,1-6H3. The first-order valence-corrected chi connectivity index (χ1v) is 21.5. The summed E-state index contributed by atoms with van der Waals surface area (Å²) < 4.78 is 21.3. The quantitative estimate of drug-likeness (QED) is 0.166. The predicted octanol–water partition coefficient (Wildman–Crippen LogP) is 11.3. The van der Waals surface area contributed by atoms with Crippen LogP contribution in [0.2, 0.25) is 0 Å². The van der Waals surface area contributed by atoms with Gasteiger partial charge in [-0.2, -0.15) is 0 Å². The Labute approximate surface area is 361 Å². The average molecular weight is 819 g/mol. The minimum absolute atomic E-state index is 0.236. The van der Waals surface area contributed by atoms with Gasteiger partial charge < -0.3 is 8.83 Å². The Morgan fingerprint density at radius 1 is 0.429 bits per heavy atom. The third-order valence-corrected chi connectivity index (χ3v) is 13.6. The van der Waals surface area contributed by atoms with E-state index in [1.54, 1.807) is 9.19 Å². The molecule has 0 bridgehead atoms. The maximum absolute atomic E-state index is 15.7. The Morgan fingerprint density at radius 3 is 1.22 bits per heavy atom. The van der Waals surface area contributed by atoms with Crippen molar-refractivity contribution >= 4 is 56.6 Å². The summed E-state index contributed by atoms with van der Waals surface area (Å²) in [4.78, 5) is 31.5. The number of hydrogen-bond acceptors (Lipinski definition) is 4. The Morgan fingerprint density at radius 2 is 0.825 bits per heavy atom. The van der Waals surface area contributed by atoms with Gasteiger partial charge in [0.15, 0.2) is 0 Å². The Kier molecular flexibility index (Phi) is 7.08. The minimum atomic E-state index is -0.853. The van der Waals surface area contributed by atoms with E-state index in [4.69, 9.17) is 8.83 Å². The molecule has 0 saturated carbocycles. The summed E-state index contributed by atoms with van der Waals surface area (Å²) in [6.45, 7) is 12.0. The lowest BCUT2D eigenvalue weighted by Gasteiger charge is -2.22. The smallest absolute Gasteiger partial charge is 0.437 e. The molecule has 63 heavy (non-hydrogen) atoms. The van der Waals surface area contributed by atoms with E-state index in [9.17, 15) is 0 Å². The van der Waals surface area contributed by atoms with Crippen molar-refractivity contribution in [3.05, 3.63) is 181 Å². The van der Waals surface area contributed by atoms with E-state index in [1.807, 2.05) is 82.2 Å². The molecular formula is C54H39BN4O4. The largest absolute Gasteiger partial charge is 0.462 e. The lowest BCUT2D eigenvalue weighted by atomic mass is 9.67. The molecule has 0 amide bonds. The zero-order chi connectivity index (χ0) is 42.7. The Bertz CT molecular complexity index is 3670. The van der Waals surface area contributed by atoms with Crippen molar-refractivity contribution < 1.29 is 8.83 Å². The maximum atomic E-state index is 15.7. The summed E-state index contributed by atoms with van der Waals surface area (Å²) in [5.41, 5.74) is 18.8. The molecule has 11 aromatic rings. The molecule has 0 spiro atoms. The first-order valence-electron chi connectivity index (χ1n) is 21.5. The van der Waals surface area contributed by atoms with Gasteiger partial charge >= 0.3 is 6.98 Å². The van der Waals surface area contributed by atoms with Crippen LogP contribution in [0.25, 0.3) is 100 Å². The molecule has 6 heterocycles.